The van der Waals surface area contributed by atoms with Gasteiger partial charge in [0, 0.05) is 23.8 Å². The number of para-hydroxylation sites is 1. The molecule has 32 heavy (non-hydrogen) atoms. The van der Waals surface area contributed by atoms with Gasteiger partial charge < -0.3 is 10.5 Å². The quantitative estimate of drug-likeness (QED) is 0.371. The Morgan fingerprint density at radius 3 is 2.66 bits per heavy atom. The summed E-state index contributed by atoms with van der Waals surface area (Å²) in [6.07, 6.45) is 13.2. The summed E-state index contributed by atoms with van der Waals surface area (Å²) in [5.74, 6) is 0.558. The van der Waals surface area contributed by atoms with E-state index in [-0.39, 0.29) is 5.41 Å². The van der Waals surface area contributed by atoms with Gasteiger partial charge in [0.1, 0.15) is 25.6 Å². The Bertz CT molecular complexity index is 1140. The van der Waals surface area contributed by atoms with Crippen molar-refractivity contribution in [3.8, 4) is 0 Å². The van der Waals surface area contributed by atoms with Crippen molar-refractivity contribution < 1.29 is 13.9 Å². The number of nitrogens with two attached hydrogens (primary N) is 1. The van der Waals surface area contributed by atoms with Gasteiger partial charge in [-0.05, 0) is 39.0 Å². The molecule has 0 amide bonds. The fourth-order valence-corrected chi connectivity index (χ4v) is 4.34. The Balaban J connectivity index is 1.85. The number of allylic oxidation sites excluding steroid dienone is 7. The number of nitrogens with zero attached hydrogens (tertiary/aromatic N) is 2. The van der Waals surface area contributed by atoms with Crippen LogP contribution in [-0.4, -0.2) is 41.3 Å². The van der Waals surface area contributed by atoms with Crippen LogP contribution < -0.4 is 5.73 Å². The SMILES string of the molecule is C=C/C(OCC)=C(/N)C(=C)[N+](C)=C1C=CC=C(/C=C/C2=[N+](C)c3ccccc3C2(C)C)C1. The fraction of sp³-hybridized carbons (Fsp3) is 0.286. The van der Waals surface area contributed by atoms with E-state index < -0.39 is 0 Å². The molecule has 0 atom stereocenters. The zero-order valence-electron chi connectivity index (χ0n) is 20.0. The molecule has 1 aliphatic heterocycles. The van der Waals surface area contributed by atoms with Crippen LogP contribution in [0.25, 0.3) is 0 Å². The molecule has 0 saturated carbocycles. The van der Waals surface area contributed by atoms with Crippen LogP contribution in [0.15, 0.2) is 96.6 Å². The lowest BCUT2D eigenvalue weighted by Gasteiger charge is -2.15. The fourth-order valence-electron chi connectivity index (χ4n) is 4.34. The minimum Gasteiger partial charge on any atom is -0.491 e. The molecule has 4 nitrogen and oxygen atoms in total. The molecule has 0 spiro atoms. The highest BCUT2D eigenvalue weighted by Crippen LogP contribution is 2.39. The number of benzene rings is 1. The molecule has 4 heteroatoms. The van der Waals surface area contributed by atoms with Gasteiger partial charge >= 0.3 is 0 Å². The molecular weight excluding hydrogens is 394 g/mol. The summed E-state index contributed by atoms with van der Waals surface area (Å²) in [6.45, 7) is 15.0. The van der Waals surface area contributed by atoms with Gasteiger partial charge in [0.25, 0.3) is 0 Å². The van der Waals surface area contributed by atoms with Gasteiger partial charge in [-0.15, -0.1) is 0 Å². The molecule has 0 unspecified atom stereocenters. The van der Waals surface area contributed by atoms with Gasteiger partial charge in [-0.3, -0.25) is 0 Å². The molecule has 1 aromatic carbocycles. The standard InChI is InChI=1S/C28H35N3O/c1-8-25(32-9-2)27(29)20(3)30(6)22-14-12-13-21(19-22)17-18-26-28(4,5)23-15-10-11-16-24(23)31(26)7/h8,10-18H,1,3,9,19,29H2,2,4-7H3/q+2/b18-17+,27-25-,30-22?. The van der Waals surface area contributed by atoms with Crippen LogP contribution in [0.2, 0.25) is 0 Å². The highest BCUT2D eigenvalue weighted by molar-refractivity contribution is 6.03. The summed E-state index contributed by atoms with van der Waals surface area (Å²) in [4.78, 5) is 0. The largest absolute Gasteiger partial charge is 0.491 e. The summed E-state index contributed by atoms with van der Waals surface area (Å²) >= 11 is 0. The Kier molecular flexibility index (Phi) is 6.83. The minimum absolute atomic E-state index is 0.0376. The second-order valence-electron chi connectivity index (χ2n) is 8.61. The van der Waals surface area contributed by atoms with Gasteiger partial charge in [0.15, 0.2) is 11.4 Å². The zero-order chi connectivity index (χ0) is 23.5. The van der Waals surface area contributed by atoms with Gasteiger partial charge in [-0.2, -0.15) is 9.15 Å². The van der Waals surface area contributed by atoms with Crippen molar-refractivity contribution in [1.29, 1.82) is 0 Å². The third kappa shape index (κ3) is 4.31. The van der Waals surface area contributed by atoms with E-state index in [9.17, 15) is 0 Å². The molecule has 1 aliphatic carbocycles. The lowest BCUT2D eigenvalue weighted by Crippen LogP contribution is -2.26. The number of fused-ring (bicyclic) bond motifs is 1. The van der Waals surface area contributed by atoms with E-state index >= 15 is 0 Å². The Hall–Kier alpha value is -3.40. The van der Waals surface area contributed by atoms with Crippen LogP contribution in [0.3, 0.4) is 0 Å². The van der Waals surface area contributed by atoms with Crippen LogP contribution in [0, 0.1) is 0 Å². The maximum Gasteiger partial charge on any atom is 0.224 e. The molecule has 0 radical (unpaired) electrons. The van der Waals surface area contributed by atoms with E-state index in [1.165, 1.54) is 22.5 Å². The molecule has 1 aromatic rings. The van der Waals surface area contributed by atoms with E-state index in [1.807, 2.05) is 18.5 Å². The molecule has 2 aliphatic rings. The lowest BCUT2D eigenvalue weighted by molar-refractivity contribution is -0.439. The van der Waals surface area contributed by atoms with E-state index in [0.717, 1.165) is 12.1 Å². The monoisotopic (exact) mass is 429 g/mol. The van der Waals surface area contributed by atoms with Crippen molar-refractivity contribution in [3.63, 3.8) is 0 Å². The maximum absolute atomic E-state index is 6.30. The zero-order valence-corrected chi connectivity index (χ0v) is 20.0. The van der Waals surface area contributed by atoms with Crippen molar-refractivity contribution in [2.45, 2.75) is 32.6 Å². The number of rotatable bonds is 7. The summed E-state index contributed by atoms with van der Waals surface area (Å²) < 4.78 is 9.89. The summed E-state index contributed by atoms with van der Waals surface area (Å²) in [5, 5.41) is 0. The smallest absolute Gasteiger partial charge is 0.224 e. The Labute approximate surface area is 192 Å². The van der Waals surface area contributed by atoms with E-state index in [4.69, 9.17) is 10.5 Å². The number of hydrogen-bond acceptors (Lipinski definition) is 2. The minimum atomic E-state index is -0.0376. The highest BCUT2D eigenvalue weighted by Gasteiger charge is 2.42. The van der Waals surface area contributed by atoms with Gasteiger partial charge in [-0.1, -0.05) is 43.0 Å². The average Bonchev–Trinajstić information content (AvgIpc) is 3.00. The highest BCUT2D eigenvalue weighted by atomic mass is 16.5. The van der Waals surface area contributed by atoms with Gasteiger partial charge in [0.05, 0.1) is 18.4 Å². The van der Waals surface area contributed by atoms with Gasteiger partial charge in [0.2, 0.25) is 11.4 Å². The van der Waals surface area contributed by atoms with E-state index in [2.05, 4.69) is 93.3 Å². The first-order chi connectivity index (χ1) is 15.2. The average molecular weight is 430 g/mol. The number of ether oxygens (including phenoxy) is 1. The van der Waals surface area contributed by atoms with Crippen molar-refractivity contribution >= 4 is 17.1 Å². The first-order valence-electron chi connectivity index (χ1n) is 11.0. The first kappa shape index (κ1) is 23.3. The van der Waals surface area contributed by atoms with Crippen LogP contribution in [0.5, 0.6) is 0 Å². The van der Waals surface area contributed by atoms with Crippen LogP contribution in [-0.2, 0) is 10.2 Å². The van der Waals surface area contributed by atoms with Crippen molar-refractivity contribution in [1.82, 2.24) is 0 Å². The molecule has 0 bridgehead atoms. The number of hydrogen-bond donors (Lipinski definition) is 1. The van der Waals surface area contributed by atoms with Crippen molar-refractivity contribution in [3.05, 3.63) is 102 Å². The predicted molar refractivity (Wildman–Crippen MR) is 135 cm³/mol. The van der Waals surface area contributed by atoms with E-state index in [0.29, 0.717) is 23.8 Å². The van der Waals surface area contributed by atoms with Crippen LogP contribution in [0.1, 0.15) is 32.8 Å². The summed E-state index contributed by atoms with van der Waals surface area (Å²) in [7, 11) is 4.12. The lowest BCUT2D eigenvalue weighted by atomic mass is 9.81. The van der Waals surface area contributed by atoms with Crippen LogP contribution in [0.4, 0.5) is 5.69 Å². The normalized spacial score (nSPS) is 19.5. The third-order valence-corrected chi connectivity index (χ3v) is 6.28. The summed E-state index contributed by atoms with van der Waals surface area (Å²) in [5.41, 5.74) is 13.7. The maximum atomic E-state index is 6.30. The molecule has 0 aromatic heterocycles. The second kappa shape index (κ2) is 9.39. The van der Waals surface area contributed by atoms with Crippen LogP contribution >= 0.6 is 0 Å². The van der Waals surface area contributed by atoms with E-state index in [1.54, 1.807) is 6.08 Å². The second-order valence-corrected chi connectivity index (χ2v) is 8.61. The molecule has 166 valence electrons. The summed E-state index contributed by atoms with van der Waals surface area (Å²) in [6, 6.07) is 8.62. The topological polar surface area (TPSA) is 41.3 Å². The molecule has 1 heterocycles. The molecule has 0 saturated heterocycles. The molecule has 2 N–H and O–H groups in total. The first-order valence-corrected chi connectivity index (χ1v) is 11.0. The van der Waals surface area contributed by atoms with Crippen molar-refractivity contribution in [2.75, 3.05) is 20.7 Å². The molecular formula is C28H35N3O+2. The number of likely N-dealkylation sites (N-methyl/N-ethyl adjacent to an activating group) is 1. The molecule has 3 rings (SSSR count). The van der Waals surface area contributed by atoms with Crippen molar-refractivity contribution in [2.24, 2.45) is 5.73 Å². The molecule has 0 fully saturated rings. The van der Waals surface area contributed by atoms with Gasteiger partial charge in [-0.25, -0.2) is 0 Å². The predicted octanol–water partition coefficient (Wildman–Crippen LogP) is 5.12. The third-order valence-electron chi connectivity index (χ3n) is 6.28. The Morgan fingerprint density at radius 2 is 2.00 bits per heavy atom. The Morgan fingerprint density at radius 1 is 1.28 bits per heavy atom.